The topological polar surface area (TPSA) is 229 Å². The number of rotatable bonds is 5. The smallest absolute Gasteiger partial charge is 0.159 e. The van der Waals surface area contributed by atoms with Crippen LogP contribution in [0.5, 0.6) is 0 Å². The maximum atomic E-state index is 13.1. The molecule has 0 aromatic rings. The van der Waals surface area contributed by atoms with Crippen LogP contribution >= 0.6 is 12.4 Å². The minimum absolute atomic E-state index is 0. The molecule has 14 heteroatoms. The van der Waals surface area contributed by atoms with Crippen molar-refractivity contribution in [1.82, 2.24) is 0 Å². The van der Waals surface area contributed by atoms with Crippen molar-refractivity contribution in [1.29, 1.82) is 0 Å². The van der Waals surface area contributed by atoms with Gasteiger partial charge in [-0.2, -0.15) is 0 Å². The Hall–Kier alpha value is -2.07. The highest BCUT2D eigenvalue weighted by atomic mass is 35.5. The molecule has 16 atom stereocenters. The molecule has 0 heterocycles. The van der Waals surface area contributed by atoms with E-state index in [0.29, 0.717) is 51.7 Å². The van der Waals surface area contributed by atoms with Crippen molar-refractivity contribution in [3.63, 3.8) is 0 Å². The molecule has 6 fully saturated rings. The molecular formula is C46H73ClN2O11. The number of carbonyl (C=O) groups excluding carboxylic acids is 3. The monoisotopic (exact) mass is 864 g/mol. The van der Waals surface area contributed by atoms with Crippen LogP contribution in [0, 0.1) is 57.2 Å². The molecule has 0 bridgehead atoms. The number of aliphatic hydroxyl groups is 6. The van der Waals surface area contributed by atoms with E-state index in [9.17, 15) is 45.0 Å². The Labute approximate surface area is 362 Å². The van der Waals surface area contributed by atoms with E-state index in [1.54, 1.807) is 19.1 Å². The minimum Gasteiger partial charge on any atom is -0.396 e. The number of nitrogens with zero attached hydrogens (tertiary/aromatic N) is 1. The second kappa shape index (κ2) is 17.5. The summed E-state index contributed by atoms with van der Waals surface area (Å²) in [6.45, 7) is 16.7. The van der Waals surface area contributed by atoms with Crippen LogP contribution in [0.3, 0.4) is 0 Å². The van der Waals surface area contributed by atoms with Crippen molar-refractivity contribution in [2.45, 2.75) is 168 Å². The number of nitrogens with two attached hydrogens (primary N) is 1. The van der Waals surface area contributed by atoms with Crippen LogP contribution in [0.15, 0.2) is 28.5 Å². The molecule has 60 heavy (non-hydrogen) atoms. The number of Topliss-reactive ketones (excluding diaryl/α,β-unsaturated/α-hetero) is 1. The van der Waals surface area contributed by atoms with Gasteiger partial charge in [0.25, 0.3) is 0 Å². The molecule has 0 radical (unpaired) electrons. The second-order valence-corrected chi connectivity index (χ2v) is 20.4. The third-order valence-corrected chi connectivity index (χ3v) is 17.7. The first-order valence-corrected chi connectivity index (χ1v) is 22.2. The third-order valence-electron chi connectivity index (χ3n) is 17.7. The summed E-state index contributed by atoms with van der Waals surface area (Å²) in [5.74, 6) is 3.98. The van der Waals surface area contributed by atoms with E-state index in [0.717, 1.165) is 49.0 Å². The fourth-order valence-electron chi connectivity index (χ4n) is 14.3. The van der Waals surface area contributed by atoms with Gasteiger partial charge in [-0.15, -0.1) is 12.4 Å². The first-order valence-electron chi connectivity index (χ1n) is 22.2. The molecule has 13 nitrogen and oxygen atoms in total. The molecule has 340 valence electrons. The predicted molar refractivity (Wildman–Crippen MR) is 227 cm³/mol. The van der Waals surface area contributed by atoms with Gasteiger partial charge in [0.1, 0.15) is 12.4 Å². The summed E-state index contributed by atoms with van der Waals surface area (Å²) >= 11 is 0. The van der Waals surface area contributed by atoms with Crippen molar-refractivity contribution in [2.24, 2.45) is 68.2 Å². The molecule has 0 aromatic heterocycles. The lowest BCUT2D eigenvalue weighted by Gasteiger charge is -2.59. The van der Waals surface area contributed by atoms with Gasteiger partial charge in [-0.1, -0.05) is 32.9 Å². The standard InChI is InChI=1S/C23H35NO5.C21H30O5.C2H7NO.ClH/c1-5-29-24-13(2)14-7-9-23(28)16-10-18(25)17-11-19(26)20(27)12-21(17,3)15(16)6-8-22(14,23)4;1-11(22)12-5-7-21(26)14-8-16(23)15-9-17(24)18(25)10-19(15,2)13(14)4-6-20(12,21)3;1-2-4-3;/h10,14-15,17,19-20,26-28H,5-9,11-12H2,1-4H3;8,12-13,15,17-18,24-26H,4-7,9-10H2,1-3H3;2-3H2,1H3;1H/b24-13+;;;/t14-,15?,17+,19-,20+,21-,22-,23-;12-,13?,15+,17-,18+,19-,20-,21-;;/m11../s1. The van der Waals surface area contributed by atoms with Gasteiger partial charge in [-0.25, -0.2) is 5.90 Å². The predicted octanol–water partition coefficient (Wildman–Crippen LogP) is 4.70. The summed E-state index contributed by atoms with van der Waals surface area (Å²) < 4.78 is 0. The highest BCUT2D eigenvalue weighted by Gasteiger charge is 2.68. The zero-order chi connectivity index (χ0) is 43.7. The zero-order valence-electron chi connectivity index (χ0n) is 37.0. The number of hydrogen-bond donors (Lipinski definition) is 7. The molecular weight excluding hydrogens is 792 g/mol. The van der Waals surface area contributed by atoms with E-state index in [-0.39, 0.29) is 71.7 Å². The molecule has 0 spiro atoms. The lowest BCUT2D eigenvalue weighted by atomic mass is 9.46. The number of ketones is 3. The Morgan fingerprint density at radius 2 is 1.08 bits per heavy atom. The van der Waals surface area contributed by atoms with E-state index in [1.165, 1.54) is 0 Å². The molecule has 0 aliphatic heterocycles. The SMILES string of the molecule is CC(=O)[C@H]1CC[C@@]2(O)C3=CC(=O)[C@@H]4C[C@@H](O)[C@@H](O)C[C@]4(C)C3CC[C@]12C.CCO/N=C(\C)[C@H]1CC[C@@]2(O)C3=CC(=O)[C@@H]4C[C@@H](O)[C@@H](O)C[C@]4(C)C3CC[C@]12C.CCON.Cl. The van der Waals surface area contributed by atoms with E-state index in [1.807, 2.05) is 34.6 Å². The first-order chi connectivity index (χ1) is 27.5. The van der Waals surface area contributed by atoms with Crippen LogP contribution < -0.4 is 5.90 Å². The normalized spacial score (nSPS) is 47.7. The molecule has 2 unspecified atom stereocenters. The highest BCUT2D eigenvalue weighted by molar-refractivity contribution is 5.96. The maximum absolute atomic E-state index is 13.1. The number of aliphatic hydroxyl groups excluding tert-OH is 4. The van der Waals surface area contributed by atoms with E-state index >= 15 is 0 Å². The summed E-state index contributed by atoms with van der Waals surface area (Å²) in [5.41, 5.74) is -1.44. The average Bonchev–Trinajstić information content (AvgIpc) is 3.63. The van der Waals surface area contributed by atoms with Crippen molar-refractivity contribution < 1.29 is 54.7 Å². The quantitative estimate of drug-likeness (QED) is 0.147. The van der Waals surface area contributed by atoms with E-state index < -0.39 is 57.3 Å². The van der Waals surface area contributed by atoms with Gasteiger partial charge in [-0.3, -0.25) is 14.4 Å². The maximum Gasteiger partial charge on any atom is 0.159 e. The molecule has 8 aliphatic rings. The van der Waals surface area contributed by atoms with E-state index in [4.69, 9.17) is 4.84 Å². The summed E-state index contributed by atoms with van der Waals surface area (Å²) in [6.07, 6.45) is 7.14. The molecule has 8 N–H and O–H groups in total. The first kappa shape index (κ1) is 49.0. The number of halogens is 1. The van der Waals surface area contributed by atoms with Gasteiger partial charge in [0, 0.05) is 34.5 Å². The highest BCUT2D eigenvalue weighted by Crippen LogP contribution is 2.69. The Morgan fingerprint density at radius 1 is 0.683 bits per heavy atom. The number of oxime groups is 1. The van der Waals surface area contributed by atoms with Crippen LogP contribution in [0.2, 0.25) is 0 Å². The van der Waals surface area contributed by atoms with Gasteiger partial charge >= 0.3 is 0 Å². The van der Waals surface area contributed by atoms with Crippen molar-refractivity contribution in [3.05, 3.63) is 23.3 Å². The molecule has 0 aromatic carbocycles. The van der Waals surface area contributed by atoms with Crippen molar-refractivity contribution >= 4 is 35.5 Å². The zero-order valence-corrected chi connectivity index (χ0v) is 37.8. The van der Waals surface area contributed by atoms with Gasteiger partial charge < -0.3 is 40.3 Å². The van der Waals surface area contributed by atoms with Crippen LogP contribution in [0.25, 0.3) is 0 Å². The molecule has 0 amide bonds. The van der Waals surface area contributed by atoms with Crippen molar-refractivity contribution in [2.75, 3.05) is 13.2 Å². The molecule has 0 saturated heterocycles. The Balaban J connectivity index is 0.000000207. The van der Waals surface area contributed by atoms with Gasteiger partial charge in [0.2, 0.25) is 0 Å². The average molecular weight is 866 g/mol. The lowest BCUT2D eigenvalue weighted by Crippen LogP contribution is -2.60. The summed E-state index contributed by atoms with van der Waals surface area (Å²) in [5, 5.41) is 68.9. The Bertz CT molecular complexity index is 1750. The fraction of sp³-hybridized carbons (Fsp3) is 0.826. The van der Waals surface area contributed by atoms with Crippen molar-refractivity contribution in [3.8, 4) is 0 Å². The summed E-state index contributed by atoms with van der Waals surface area (Å²) in [6, 6.07) is 0. The fourth-order valence-corrected chi connectivity index (χ4v) is 14.3. The van der Waals surface area contributed by atoms with E-state index in [2.05, 4.69) is 29.7 Å². The molecule has 8 rings (SSSR count). The molecule has 6 saturated carbocycles. The van der Waals surface area contributed by atoms with Gasteiger partial charge in [0.15, 0.2) is 11.6 Å². The number of hydrogen-bond acceptors (Lipinski definition) is 13. The van der Waals surface area contributed by atoms with Crippen LogP contribution in [0.1, 0.15) is 132 Å². The summed E-state index contributed by atoms with van der Waals surface area (Å²) in [7, 11) is 0. The summed E-state index contributed by atoms with van der Waals surface area (Å²) in [4.78, 5) is 47.6. The van der Waals surface area contributed by atoms with Crippen LogP contribution in [-0.4, -0.2) is 103 Å². The molecule has 8 aliphatic carbocycles. The van der Waals surface area contributed by atoms with Crippen LogP contribution in [-0.2, 0) is 24.1 Å². The van der Waals surface area contributed by atoms with Gasteiger partial charge in [0.05, 0.1) is 47.9 Å². The van der Waals surface area contributed by atoms with Gasteiger partial charge in [-0.05, 0) is 151 Å². The Morgan fingerprint density at radius 3 is 1.47 bits per heavy atom. The van der Waals surface area contributed by atoms with Crippen LogP contribution in [0.4, 0.5) is 0 Å². The third kappa shape index (κ3) is 7.41. The Kier molecular flexibility index (Phi) is 14.3. The lowest BCUT2D eigenvalue weighted by molar-refractivity contribution is -0.154. The number of fused-ring (bicyclic) bond motifs is 10. The second-order valence-electron chi connectivity index (χ2n) is 20.4. The number of carbonyl (C=O) groups is 3. The largest absolute Gasteiger partial charge is 0.396 e. The minimum atomic E-state index is -1.13. The number of allylic oxidation sites excluding steroid dienone is 2.